The lowest BCUT2D eigenvalue weighted by Gasteiger charge is -2.09. The quantitative estimate of drug-likeness (QED) is 0.353. The van der Waals surface area contributed by atoms with Crippen molar-refractivity contribution in [2.24, 2.45) is 0 Å². The molecule has 2 amide bonds. The van der Waals surface area contributed by atoms with Gasteiger partial charge in [0.15, 0.2) is 0 Å². The van der Waals surface area contributed by atoms with Crippen molar-refractivity contribution in [3.05, 3.63) is 96.2 Å². The highest BCUT2D eigenvalue weighted by Crippen LogP contribution is 2.31. The van der Waals surface area contributed by atoms with E-state index in [1.54, 1.807) is 18.0 Å². The van der Waals surface area contributed by atoms with E-state index in [0.29, 0.717) is 28.1 Å². The molecule has 0 aliphatic rings. The number of hydrogen-bond acceptors (Lipinski definition) is 5. The molecule has 1 heterocycles. The van der Waals surface area contributed by atoms with Crippen molar-refractivity contribution in [3.63, 3.8) is 0 Å². The minimum atomic E-state index is -0.318. The Hall–Kier alpha value is -4.59. The molecule has 4 rings (SSSR count). The van der Waals surface area contributed by atoms with Crippen LogP contribution in [0, 0.1) is 0 Å². The van der Waals surface area contributed by atoms with Crippen LogP contribution in [0.25, 0.3) is 16.9 Å². The molecule has 0 radical (unpaired) electrons. The largest absolute Gasteiger partial charge is 0.508 e. The number of hydrogen-bond donors (Lipinski definition) is 3. The molecule has 3 aromatic carbocycles. The van der Waals surface area contributed by atoms with Crippen LogP contribution in [0.3, 0.4) is 0 Å². The first kappa shape index (κ1) is 22.6. The van der Waals surface area contributed by atoms with Gasteiger partial charge in [-0.25, -0.2) is 4.68 Å². The second-order valence-electron chi connectivity index (χ2n) is 7.43. The lowest BCUT2D eigenvalue weighted by molar-refractivity contribution is 0.0928. The van der Waals surface area contributed by atoms with Crippen LogP contribution in [0.5, 0.6) is 11.5 Å². The van der Waals surface area contributed by atoms with Gasteiger partial charge < -0.3 is 20.5 Å². The Morgan fingerprint density at radius 3 is 2.24 bits per heavy atom. The first-order valence-corrected chi connectivity index (χ1v) is 10.7. The minimum absolute atomic E-state index is 0.0886. The predicted octanol–water partition coefficient (Wildman–Crippen LogP) is 3.41. The third-order valence-electron chi connectivity index (χ3n) is 5.17. The molecule has 0 bridgehead atoms. The zero-order valence-electron chi connectivity index (χ0n) is 18.6. The van der Waals surface area contributed by atoms with Crippen LogP contribution < -0.4 is 15.4 Å². The number of methoxy groups -OCH3 is 1. The van der Waals surface area contributed by atoms with E-state index in [4.69, 9.17) is 4.74 Å². The Kier molecular flexibility index (Phi) is 6.88. The molecule has 34 heavy (non-hydrogen) atoms. The predicted molar refractivity (Wildman–Crippen MR) is 128 cm³/mol. The molecular formula is C26H24N4O4. The highest BCUT2D eigenvalue weighted by molar-refractivity contribution is 6.00. The van der Waals surface area contributed by atoms with Gasteiger partial charge in [-0.3, -0.25) is 9.59 Å². The molecule has 1 aromatic heterocycles. The number of nitrogens with zero attached hydrogens (tertiary/aromatic N) is 2. The number of nitrogens with one attached hydrogen (secondary N) is 2. The molecule has 8 heteroatoms. The summed E-state index contributed by atoms with van der Waals surface area (Å²) in [4.78, 5) is 25.3. The van der Waals surface area contributed by atoms with Crippen molar-refractivity contribution in [1.29, 1.82) is 0 Å². The molecule has 0 unspecified atom stereocenters. The monoisotopic (exact) mass is 456 g/mol. The van der Waals surface area contributed by atoms with Crippen LogP contribution >= 0.6 is 0 Å². The van der Waals surface area contributed by atoms with Gasteiger partial charge >= 0.3 is 0 Å². The Morgan fingerprint density at radius 2 is 1.53 bits per heavy atom. The maximum atomic E-state index is 13.1. The summed E-state index contributed by atoms with van der Waals surface area (Å²) in [5.41, 5.74) is 2.82. The molecule has 0 spiro atoms. The molecule has 0 saturated heterocycles. The molecular weight excluding hydrogens is 432 g/mol. The second-order valence-corrected chi connectivity index (χ2v) is 7.43. The van der Waals surface area contributed by atoms with Gasteiger partial charge in [-0.1, -0.05) is 30.3 Å². The highest BCUT2D eigenvalue weighted by atomic mass is 16.5. The number of phenolic OH excluding ortho intramolecular Hbond substituents is 1. The smallest absolute Gasteiger partial charge is 0.255 e. The standard InChI is InChI=1S/C26H24N4O4/c1-34-23-10-6-5-9-21(23)24-22(17-30(29-24)19-7-3-2-4-8-19)26(33)28-16-15-27-25(32)18-11-13-20(31)14-12-18/h2-14,17,31H,15-16H2,1H3,(H,27,32)(H,28,33). The normalized spacial score (nSPS) is 10.5. The lowest BCUT2D eigenvalue weighted by Crippen LogP contribution is -2.34. The van der Waals surface area contributed by atoms with Gasteiger partial charge in [0.25, 0.3) is 11.8 Å². The van der Waals surface area contributed by atoms with E-state index >= 15 is 0 Å². The van der Waals surface area contributed by atoms with Crippen molar-refractivity contribution in [2.45, 2.75) is 0 Å². The number of benzene rings is 3. The Bertz CT molecular complexity index is 1280. The highest BCUT2D eigenvalue weighted by Gasteiger charge is 2.21. The first-order valence-electron chi connectivity index (χ1n) is 10.7. The van der Waals surface area contributed by atoms with E-state index < -0.39 is 0 Å². The number of aromatic nitrogens is 2. The molecule has 0 aliphatic heterocycles. The summed E-state index contributed by atoms with van der Waals surface area (Å²) in [6.07, 6.45) is 1.68. The summed E-state index contributed by atoms with van der Waals surface area (Å²) in [6, 6.07) is 22.8. The number of rotatable bonds is 8. The topological polar surface area (TPSA) is 105 Å². The molecule has 8 nitrogen and oxygen atoms in total. The van der Waals surface area contributed by atoms with E-state index in [0.717, 1.165) is 5.69 Å². The van der Waals surface area contributed by atoms with Crippen LogP contribution in [-0.4, -0.2) is 46.9 Å². The van der Waals surface area contributed by atoms with E-state index in [2.05, 4.69) is 15.7 Å². The number of carbonyl (C=O) groups excluding carboxylic acids is 2. The Labute approximate surface area is 196 Å². The molecule has 0 aliphatic carbocycles. The maximum Gasteiger partial charge on any atom is 0.255 e. The molecule has 3 N–H and O–H groups in total. The fourth-order valence-electron chi connectivity index (χ4n) is 3.45. The van der Waals surface area contributed by atoms with Crippen molar-refractivity contribution >= 4 is 11.8 Å². The first-order chi connectivity index (χ1) is 16.6. The summed E-state index contributed by atoms with van der Waals surface area (Å²) in [5.74, 6) is 0.0876. The zero-order valence-corrected chi connectivity index (χ0v) is 18.6. The molecule has 0 fully saturated rings. The number of ether oxygens (including phenoxy) is 1. The molecule has 4 aromatic rings. The van der Waals surface area contributed by atoms with E-state index in [-0.39, 0.29) is 30.7 Å². The summed E-state index contributed by atoms with van der Waals surface area (Å²) >= 11 is 0. The molecule has 0 atom stereocenters. The van der Waals surface area contributed by atoms with Crippen LogP contribution in [0.2, 0.25) is 0 Å². The van der Waals surface area contributed by atoms with Crippen LogP contribution in [0.4, 0.5) is 0 Å². The van der Waals surface area contributed by atoms with Gasteiger partial charge in [0.05, 0.1) is 18.4 Å². The maximum absolute atomic E-state index is 13.1. The van der Waals surface area contributed by atoms with Crippen molar-refractivity contribution in [1.82, 2.24) is 20.4 Å². The van der Waals surface area contributed by atoms with Gasteiger partial charge in [0, 0.05) is 30.4 Å². The van der Waals surface area contributed by atoms with Gasteiger partial charge in [-0.2, -0.15) is 5.10 Å². The zero-order chi connectivity index (χ0) is 23.9. The molecule has 172 valence electrons. The van der Waals surface area contributed by atoms with Gasteiger partial charge in [0.2, 0.25) is 0 Å². The minimum Gasteiger partial charge on any atom is -0.508 e. The third kappa shape index (κ3) is 5.07. The third-order valence-corrected chi connectivity index (χ3v) is 5.17. The number of aromatic hydroxyl groups is 1. The lowest BCUT2D eigenvalue weighted by atomic mass is 10.1. The summed E-state index contributed by atoms with van der Waals surface area (Å²) < 4.78 is 7.14. The number of para-hydroxylation sites is 2. The van der Waals surface area contributed by atoms with Gasteiger partial charge in [-0.15, -0.1) is 0 Å². The average molecular weight is 457 g/mol. The van der Waals surface area contributed by atoms with E-state index in [1.807, 2.05) is 54.6 Å². The van der Waals surface area contributed by atoms with Crippen LogP contribution in [0.15, 0.2) is 85.1 Å². The summed E-state index contributed by atoms with van der Waals surface area (Å²) in [7, 11) is 1.57. The van der Waals surface area contributed by atoms with E-state index in [1.165, 1.54) is 24.3 Å². The van der Waals surface area contributed by atoms with E-state index in [9.17, 15) is 14.7 Å². The van der Waals surface area contributed by atoms with Gasteiger partial charge in [-0.05, 0) is 48.5 Å². The number of phenols is 1. The Balaban J connectivity index is 1.50. The fraction of sp³-hybridized carbons (Fsp3) is 0.115. The fourth-order valence-corrected chi connectivity index (χ4v) is 3.45. The van der Waals surface area contributed by atoms with Crippen LogP contribution in [-0.2, 0) is 0 Å². The summed E-state index contributed by atoms with van der Waals surface area (Å²) in [6.45, 7) is 0.465. The van der Waals surface area contributed by atoms with Gasteiger partial charge in [0.1, 0.15) is 17.2 Å². The van der Waals surface area contributed by atoms with Crippen LogP contribution in [0.1, 0.15) is 20.7 Å². The molecule has 0 saturated carbocycles. The number of carbonyl (C=O) groups is 2. The average Bonchev–Trinajstić information content (AvgIpc) is 3.33. The second kappa shape index (κ2) is 10.4. The Morgan fingerprint density at radius 1 is 0.882 bits per heavy atom. The number of amides is 2. The summed E-state index contributed by atoms with van der Waals surface area (Å²) in [5, 5.41) is 19.6. The van der Waals surface area contributed by atoms with Crippen molar-refractivity contribution < 1.29 is 19.4 Å². The van der Waals surface area contributed by atoms with Crippen molar-refractivity contribution in [3.8, 4) is 28.4 Å². The van der Waals surface area contributed by atoms with Crippen molar-refractivity contribution in [2.75, 3.05) is 20.2 Å². The SMILES string of the molecule is COc1ccccc1-c1nn(-c2ccccc2)cc1C(=O)NCCNC(=O)c1ccc(O)cc1.